The Bertz CT molecular complexity index is 536. The van der Waals surface area contributed by atoms with Crippen LogP contribution < -0.4 is 11.3 Å². The molecule has 0 saturated heterocycles. The summed E-state index contributed by atoms with van der Waals surface area (Å²) in [5, 5.41) is 2.92. The van der Waals surface area contributed by atoms with E-state index in [1.807, 2.05) is 12.3 Å². The van der Waals surface area contributed by atoms with Crippen LogP contribution in [0.15, 0.2) is 23.6 Å². The molecule has 0 amide bonds. The van der Waals surface area contributed by atoms with Crippen LogP contribution in [0.25, 0.3) is 0 Å². The average Bonchev–Trinajstić information content (AvgIpc) is 2.72. The van der Waals surface area contributed by atoms with E-state index in [9.17, 15) is 8.78 Å². The van der Waals surface area contributed by atoms with Crippen molar-refractivity contribution < 1.29 is 8.78 Å². The first kappa shape index (κ1) is 14.0. The topological polar surface area (TPSA) is 50.9 Å². The number of hydrogen-bond acceptors (Lipinski definition) is 4. The van der Waals surface area contributed by atoms with E-state index in [1.54, 1.807) is 11.3 Å². The third-order valence-electron chi connectivity index (χ3n) is 2.73. The summed E-state index contributed by atoms with van der Waals surface area (Å²) in [6.07, 6.45) is 1.08. The van der Waals surface area contributed by atoms with Gasteiger partial charge in [-0.1, -0.05) is 0 Å². The van der Waals surface area contributed by atoms with Crippen molar-refractivity contribution in [3.8, 4) is 0 Å². The molecular weight excluding hydrogens is 268 g/mol. The van der Waals surface area contributed by atoms with E-state index in [1.165, 1.54) is 12.1 Å². The molecule has 3 N–H and O–H groups in total. The molecule has 0 aliphatic carbocycles. The molecule has 0 aliphatic heterocycles. The second-order valence-electron chi connectivity index (χ2n) is 4.43. The van der Waals surface area contributed by atoms with Crippen LogP contribution in [0, 0.1) is 18.6 Å². The van der Waals surface area contributed by atoms with Crippen molar-refractivity contribution in [1.29, 1.82) is 0 Å². The van der Waals surface area contributed by atoms with Crippen molar-refractivity contribution in [2.45, 2.75) is 25.8 Å². The molecule has 2 aromatic rings. The number of hydrazine groups is 1. The van der Waals surface area contributed by atoms with Gasteiger partial charge in [-0.3, -0.25) is 11.3 Å². The minimum Gasteiger partial charge on any atom is -0.271 e. The van der Waals surface area contributed by atoms with Crippen LogP contribution in [0.2, 0.25) is 0 Å². The normalized spacial score (nSPS) is 12.6. The van der Waals surface area contributed by atoms with Crippen molar-refractivity contribution in [2.75, 3.05) is 0 Å². The SMILES string of the molecule is Cc1csc(CC(Cc2cc(F)cc(F)c2)NN)n1. The van der Waals surface area contributed by atoms with Crippen LogP contribution in [0.1, 0.15) is 16.3 Å². The van der Waals surface area contributed by atoms with Crippen LogP contribution in [0.4, 0.5) is 8.78 Å². The van der Waals surface area contributed by atoms with Gasteiger partial charge in [0.05, 0.1) is 5.01 Å². The molecule has 0 saturated carbocycles. The van der Waals surface area contributed by atoms with Crippen molar-refractivity contribution in [3.05, 3.63) is 51.5 Å². The number of benzene rings is 1. The lowest BCUT2D eigenvalue weighted by molar-refractivity contribution is 0.515. The zero-order chi connectivity index (χ0) is 13.8. The highest BCUT2D eigenvalue weighted by Gasteiger charge is 2.12. The van der Waals surface area contributed by atoms with Gasteiger partial charge < -0.3 is 0 Å². The minimum atomic E-state index is -0.573. The molecule has 0 spiro atoms. The van der Waals surface area contributed by atoms with Crippen molar-refractivity contribution in [1.82, 2.24) is 10.4 Å². The van der Waals surface area contributed by atoms with Crippen LogP contribution in [-0.2, 0) is 12.8 Å². The maximum Gasteiger partial charge on any atom is 0.126 e. The molecule has 102 valence electrons. The van der Waals surface area contributed by atoms with Crippen LogP contribution in [0.5, 0.6) is 0 Å². The highest BCUT2D eigenvalue weighted by Crippen LogP contribution is 2.15. The molecule has 3 nitrogen and oxygen atoms in total. The van der Waals surface area contributed by atoms with Gasteiger partial charge in [0.2, 0.25) is 0 Å². The van der Waals surface area contributed by atoms with Gasteiger partial charge >= 0.3 is 0 Å². The standard InChI is InChI=1S/C13H15F2N3S/c1-8-7-19-13(17-8)6-12(18-16)4-9-2-10(14)5-11(15)3-9/h2-3,5,7,12,18H,4,6,16H2,1H3. The molecule has 0 bridgehead atoms. The zero-order valence-corrected chi connectivity index (χ0v) is 11.3. The predicted octanol–water partition coefficient (Wildman–Crippen LogP) is 2.35. The molecule has 1 unspecified atom stereocenters. The zero-order valence-electron chi connectivity index (χ0n) is 10.5. The fraction of sp³-hybridized carbons (Fsp3) is 0.308. The monoisotopic (exact) mass is 283 g/mol. The first-order valence-corrected chi connectivity index (χ1v) is 6.77. The van der Waals surface area contributed by atoms with Gasteiger partial charge in [0.15, 0.2) is 0 Å². The number of halogens is 2. The highest BCUT2D eigenvalue weighted by molar-refractivity contribution is 7.09. The molecule has 1 heterocycles. The maximum absolute atomic E-state index is 13.1. The fourth-order valence-corrected chi connectivity index (χ4v) is 2.76. The molecule has 1 atom stereocenters. The molecule has 0 radical (unpaired) electrons. The lowest BCUT2D eigenvalue weighted by Gasteiger charge is -2.14. The Hall–Kier alpha value is -1.37. The van der Waals surface area contributed by atoms with E-state index in [0.717, 1.165) is 16.8 Å². The Morgan fingerprint density at radius 1 is 1.26 bits per heavy atom. The first-order chi connectivity index (χ1) is 9.06. The Morgan fingerprint density at radius 2 is 1.95 bits per heavy atom. The maximum atomic E-state index is 13.1. The van der Waals surface area contributed by atoms with Crippen LogP contribution in [0.3, 0.4) is 0 Å². The van der Waals surface area contributed by atoms with E-state index in [0.29, 0.717) is 18.4 Å². The van der Waals surface area contributed by atoms with E-state index in [2.05, 4.69) is 10.4 Å². The molecule has 2 rings (SSSR count). The molecule has 0 aliphatic rings. The second-order valence-corrected chi connectivity index (χ2v) is 5.37. The summed E-state index contributed by atoms with van der Waals surface area (Å²) in [4.78, 5) is 4.35. The Balaban J connectivity index is 2.06. The summed E-state index contributed by atoms with van der Waals surface area (Å²) in [6.45, 7) is 1.92. The molecule has 19 heavy (non-hydrogen) atoms. The van der Waals surface area contributed by atoms with Gasteiger partial charge in [-0.05, 0) is 31.0 Å². The first-order valence-electron chi connectivity index (χ1n) is 5.89. The smallest absolute Gasteiger partial charge is 0.126 e. The Kier molecular flexibility index (Phi) is 4.57. The van der Waals surface area contributed by atoms with E-state index < -0.39 is 11.6 Å². The molecule has 0 fully saturated rings. The number of aromatic nitrogens is 1. The average molecular weight is 283 g/mol. The number of nitrogens with two attached hydrogens (primary N) is 1. The predicted molar refractivity (Wildman–Crippen MR) is 71.7 cm³/mol. The Labute approximate surface area is 114 Å². The van der Waals surface area contributed by atoms with E-state index >= 15 is 0 Å². The van der Waals surface area contributed by atoms with Gasteiger partial charge in [0, 0.05) is 29.6 Å². The number of rotatable bonds is 5. The van der Waals surface area contributed by atoms with Gasteiger partial charge in [-0.25, -0.2) is 13.8 Å². The Morgan fingerprint density at radius 3 is 2.47 bits per heavy atom. The molecule has 1 aromatic heterocycles. The molecule has 1 aromatic carbocycles. The summed E-state index contributed by atoms with van der Waals surface area (Å²) < 4.78 is 26.2. The number of nitrogens with zero attached hydrogens (tertiary/aromatic N) is 1. The number of aryl methyl sites for hydroxylation is 1. The van der Waals surface area contributed by atoms with Crippen molar-refractivity contribution in [3.63, 3.8) is 0 Å². The van der Waals surface area contributed by atoms with Gasteiger partial charge in [-0.15, -0.1) is 11.3 Å². The van der Waals surface area contributed by atoms with Gasteiger partial charge in [0.25, 0.3) is 0 Å². The number of thiazole rings is 1. The summed E-state index contributed by atoms with van der Waals surface area (Å²) in [5.41, 5.74) is 4.21. The van der Waals surface area contributed by atoms with E-state index in [-0.39, 0.29) is 6.04 Å². The quantitative estimate of drug-likeness (QED) is 0.654. The summed E-state index contributed by atoms with van der Waals surface area (Å²) in [5.74, 6) is 4.34. The van der Waals surface area contributed by atoms with Crippen LogP contribution in [-0.4, -0.2) is 11.0 Å². The van der Waals surface area contributed by atoms with Gasteiger partial charge in [-0.2, -0.15) is 0 Å². The van der Waals surface area contributed by atoms with Crippen molar-refractivity contribution >= 4 is 11.3 Å². The lowest BCUT2D eigenvalue weighted by Crippen LogP contribution is -2.38. The fourth-order valence-electron chi connectivity index (χ4n) is 1.91. The van der Waals surface area contributed by atoms with Crippen LogP contribution >= 0.6 is 11.3 Å². The molecular formula is C13H15F2N3S. The largest absolute Gasteiger partial charge is 0.271 e. The summed E-state index contributed by atoms with van der Waals surface area (Å²) in [6, 6.07) is 3.39. The third kappa shape index (κ3) is 4.05. The van der Waals surface area contributed by atoms with Gasteiger partial charge in [0.1, 0.15) is 11.6 Å². The summed E-state index contributed by atoms with van der Waals surface area (Å²) >= 11 is 1.56. The number of hydrogen-bond donors (Lipinski definition) is 2. The summed E-state index contributed by atoms with van der Waals surface area (Å²) in [7, 11) is 0. The third-order valence-corrected chi connectivity index (χ3v) is 3.72. The lowest BCUT2D eigenvalue weighted by atomic mass is 10.0. The second kappa shape index (κ2) is 6.18. The van der Waals surface area contributed by atoms with Crippen molar-refractivity contribution in [2.24, 2.45) is 5.84 Å². The number of nitrogens with one attached hydrogen (secondary N) is 1. The van der Waals surface area contributed by atoms with E-state index in [4.69, 9.17) is 5.84 Å². The molecule has 6 heteroatoms. The minimum absolute atomic E-state index is 0.105. The highest BCUT2D eigenvalue weighted by atomic mass is 32.1.